The first-order valence-electron chi connectivity index (χ1n) is 6.87. The van der Waals surface area contributed by atoms with Gasteiger partial charge in [0, 0.05) is 19.0 Å². The number of hydrogen-bond acceptors (Lipinski definition) is 5. The van der Waals surface area contributed by atoms with Crippen LogP contribution in [-0.2, 0) is 13.0 Å². The van der Waals surface area contributed by atoms with Crippen molar-refractivity contribution in [2.45, 2.75) is 33.7 Å². The lowest BCUT2D eigenvalue weighted by Crippen LogP contribution is -2.12. The van der Waals surface area contributed by atoms with Gasteiger partial charge in [-0.05, 0) is 30.5 Å². The first-order valence-corrected chi connectivity index (χ1v) is 6.87. The van der Waals surface area contributed by atoms with Gasteiger partial charge in [0.1, 0.15) is 23.3 Å². The van der Waals surface area contributed by atoms with Crippen molar-refractivity contribution in [2.75, 3.05) is 10.7 Å². The largest absolute Gasteiger partial charge is 0.366 e. The normalized spacial score (nSPS) is 10.5. The van der Waals surface area contributed by atoms with Crippen LogP contribution in [0.25, 0.3) is 0 Å². The highest BCUT2D eigenvalue weighted by Gasteiger charge is 2.06. The van der Waals surface area contributed by atoms with Gasteiger partial charge in [-0.2, -0.15) is 0 Å². The van der Waals surface area contributed by atoms with Crippen LogP contribution < -0.4 is 16.6 Å². The maximum absolute atomic E-state index is 13.6. The third kappa shape index (κ3) is 3.66. The molecule has 0 aliphatic carbocycles. The van der Waals surface area contributed by atoms with Crippen molar-refractivity contribution in [1.82, 2.24) is 9.97 Å². The highest BCUT2D eigenvalue weighted by molar-refractivity contribution is 5.47. The van der Waals surface area contributed by atoms with Crippen LogP contribution in [0, 0.1) is 19.7 Å². The van der Waals surface area contributed by atoms with Crippen LogP contribution in [0.1, 0.15) is 29.4 Å². The Balaban J connectivity index is 2.16. The second-order valence-electron chi connectivity index (χ2n) is 4.95. The lowest BCUT2D eigenvalue weighted by Gasteiger charge is -2.11. The van der Waals surface area contributed by atoms with Gasteiger partial charge < -0.3 is 10.7 Å². The topological polar surface area (TPSA) is 75.9 Å². The fourth-order valence-electron chi connectivity index (χ4n) is 2.15. The molecule has 2 aromatic rings. The quantitative estimate of drug-likeness (QED) is 0.583. The number of aromatic nitrogens is 2. The van der Waals surface area contributed by atoms with E-state index < -0.39 is 0 Å². The molecule has 1 aromatic carbocycles. The van der Waals surface area contributed by atoms with Crippen molar-refractivity contribution >= 4 is 11.6 Å². The molecule has 1 aromatic heterocycles. The number of nitrogens with one attached hydrogen (secondary N) is 2. The van der Waals surface area contributed by atoms with Crippen LogP contribution in [-0.4, -0.2) is 9.97 Å². The summed E-state index contributed by atoms with van der Waals surface area (Å²) < 4.78 is 13.6. The zero-order valence-electron chi connectivity index (χ0n) is 12.5. The summed E-state index contributed by atoms with van der Waals surface area (Å²) in [6.45, 7) is 6.07. The summed E-state index contributed by atoms with van der Waals surface area (Å²) in [6, 6.07) is 5.40. The molecule has 0 atom stereocenters. The van der Waals surface area contributed by atoms with E-state index in [1.165, 1.54) is 0 Å². The summed E-state index contributed by atoms with van der Waals surface area (Å²) in [5.74, 6) is 7.21. The number of anilines is 2. The molecule has 0 bridgehead atoms. The Kier molecular flexibility index (Phi) is 4.70. The lowest BCUT2D eigenvalue weighted by molar-refractivity contribution is 0.608. The van der Waals surface area contributed by atoms with Gasteiger partial charge in [0.2, 0.25) is 0 Å². The van der Waals surface area contributed by atoms with Gasteiger partial charge in [-0.3, -0.25) is 0 Å². The van der Waals surface area contributed by atoms with Crippen molar-refractivity contribution in [1.29, 1.82) is 0 Å². The highest BCUT2D eigenvalue weighted by atomic mass is 19.1. The molecule has 0 aliphatic rings. The molecule has 0 spiro atoms. The van der Waals surface area contributed by atoms with E-state index in [4.69, 9.17) is 5.84 Å². The van der Waals surface area contributed by atoms with Gasteiger partial charge in [-0.15, -0.1) is 0 Å². The summed E-state index contributed by atoms with van der Waals surface area (Å²) in [6.07, 6.45) is 0.721. The molecule has 5 nitrogen and oxygen atoms in total. The van der Waals surface area contributed by atoms with E-state index in [0.717, 1.165) is 12.0 Å². The molecule has 0 radical (unpaired) electrons. The molecule has 0 aliphatic heterocycles. The number of aryl methyl sites for hydroxylation is 3. The maximum Gasteiger partial charge on any atom is 0.145 e. The van der Waals surface area contributed by atoms with E-state index in [0.29, 0.717) is 35.1 Å². The van der Waals surface area contributed by atoms with E-state index in [1.807, 2.05) is 19.1 Å². The minimum Gasteiger partial charge on any atom is -0.366 e. The van der Waals surface area contributed by atoms with Crippen molar-refractivity contribution < 1.29 is 4.39 Å². The third-order valence-electron chi connectivity index (χ3n) is 3.21. The van der Waals surface area contributed by atoms with Gasteiger partial charge >= 0.3 is 0 Å². The number of nitrogens with two attached hydrogens (primary N) is 1. The minimum absolute atomic E-state index is 0.149. The molecule has 0 fully saturated rings. The Morgan fingerprint density at radius 3 is 2.29 bits per heavy atom. The number of nitrogens with zero attached hydrogens (tertiary/aromatic N) is 2. The van der Waals surface area contributed by atoms with Gasteiger partial charge in [-0.25, -0.2) is 20.2 Å². The Morgan fingerprint density at radius 1 is 1.10 bits per heavy atom. The van der Waals surface area contributed by atoms with Gasteiger partial charge in [-0.1, -0.05) is 19.1 Å². The molecular weight excluding hydrogens is 269 g/mol. The monoisotopic (exact) mass is 289 g/mol. The molecule has 21 heavy (non-hydrogen) atoms. The Labute approximate surface area is 123 Å². The molecule has 0 unspecified atom stereocenters. The summed E-state index contributed by atoms with van der Waals surface area (Å²) in [7, 11) is 0. The zero-order valence-corrected chi connectivity index (χ0v) is 12.5. The van der Waals surface area contributed by atoms with Crippen LogP contribution in [0.2, 0.25) is 0 Å². The molecule has 1 heterocycles. The molecule has 112 valence electrons. The number of hydrazine groups is 1. The molecule has 0 amide bonds. The lowest BCUT2D eigenvalue weighted by atomic mass is 10.1. The number of hydrogen-bond donors (Lipinski definition) is 3. The molecular formula is C15H20FN5. The Hall–Kier alpha value is -2.21. The average molecular weight is 289 g/mol. The minimum atomic E-state index is -0.149. The number of rotatable bonds is 5. The maximum atomic E-state index is 13.6. The first kappa shape index (κ1) is 15.2. The SMILES string of the molecule is CCc1nc(NN)cc(NCc2cc(C)c(F)c(C)c2)n1. The van der Waals surface area contributed by atoms with Crippen LogP contribution in [0.15, 0.2) is 18.2 Å². The predicted octanol–water partition coefficient (Wildman–Crippen LogP) is 2.69. The van der Waals surface area contributed by atoms with Crippen LogP contribution >= 0.6 is 0 Å². The summed E-state index contributed by atoms with van der Waals surface area (Å²) in [4.78, 5) is 8.61. The van der Waals surface area contributed by atoms with Crippen molar-refractivity contribution in [3.8, 4) is 0 Å². The van der Waals surface area contributed by atoms with E-state index in [-0.39, 0.29) is 5.82 Å². The van der Waals surface area contributed by atoms with Gasteiger partial charge in [0.05, 0.1) is 0 Å². The number of benzene rings is 1. The van der Waals surface area contributed by atoms with Crippen molar-refractivity contribution in [3.63, 3.8) is 0 Å². The zero-order chi connectivity index (χ0) is 15.4. The standard InChI is InChI=1S/C15H20FN5/c1-4-12-19-13(7-14(20-12)21-17)18-8-11-5-9(2)15(16)10(3)6-11/h5-7H,4,8,17H2,1-3H3,(H2,18,19,20,21). The third-order valence-corrected chi connectivity index (χ3v) is 3.21. The van der Waals surface area contributed by atoms with E-state index in [1.54, 1.807) is 19.9 Å². The highest BCUT2D eigenvalue weighted by Crippen LogP contribution is 2.17. The predicted molar refractivity (Wildman–Crippen MR) is 82.4 cm³/mol. The molecule has 0 saturated carbocycles. The van der Waals surface area contributed by atoms with E-state index in [2.05, 4.69) is 20.7 Å². The molecule has 4 N–H and O–H groups in total. The second-order valence-corrected chi connectivity index (χ2v) is 4.95. The Morgan fingerprint density at radius 2 is 1.71 bits per heavy atom. The molecule has 6 heteroatoms. The summed E-state index contributed by atoms with van der Waals surface area (Å²) >= 11 is 0. The van der Waals surface area contributed by atoms with Crippen LogP contribution in [0.4, 0.5) is 16.0 Å². The Bertz CT molecular complexity index is 597. The molecule has 2 rings (SSSR count). The van der Waals surface area contributed by atoms with E-state index in [9.17, 15) is 4.39 Å². The van der Waals surface area contributed by atoms with E-state index >= 15 is 0 Å². The van der Waals surface area contributed by atoms with Crippen molar-refractivity contribution in [3.05, 3.63) is 46.5 Å². The first-order chi connectivity index (χ1) is 10.0. The van der Waals surface area contributed by atoms with Crippen LogP contribution in [0.5, 0.6) is 0 Å². The van der Waals surface area contributed by atoms with Crippen molar-refractivity contribution in [2.24, 2.45) is 5.84 Å². The average Bonchev–Trinajstić information content (AvgIpc) is 2.49. The van der Waals surface area contributed by atoms with Gasteiger partial charge in [0.25, 0.3) is 0 Å². The molecule has 0 saturated heterocycles. The smallest absolute Gasteiger partial charge is 0.145 e. The number of halogens is 1. The second kappa shape index (κ2) is 6.49. The van der Waals surface area contributed by atoms with Gasteiger partial charge in [0.15, 0.2) is 0 Å². The fraction of sp³-hybridized carbons (Fsp3) is 0.333. The fourth-order valence-corrected chi connectivity index (χ4v) is 2.15. The van der Waals surface area contributed by atoms with Crippen LogP contribution in [0.3, 0.4) is 0 Å². The summed E-state index contributed by atoms with van der Waals surface area (Å²) in [5.41, 5.74) is 4.82. The number of nitrogen functional groups attached to an aromatic ring is 1. The summed E-state index contributed by atoms with van der Waals surface area (Å²) in [5, 5.41) is 3.22.